The number of rotatable bonds is 5. The predicted molar refractivity (Wildman–Crippen MR) is 74.4 cm³/mol. The van der Waals surface area contributed by atoms with E-state index in [0.29, 0.717) is 17.9 Å². The van der Waals surface area contributed by atoms with E-state index in [0.717, 1.165) is 38.5 Å². The molecule has 1 fully saturated rings. The minimum Gasteiger partial charge on any atom is -0.381 e. The average molecular weight is 302 g/mol. The van der Waals surface area contributed by atoms with Crippen LogP contribution in [-0.4, -0.2) is 19.3 Å². The Hall–Kier alpha value is -1.11. The van der Waals surface area contributed by atoms with Crippen LogP contribution >= 0.6 is 0 Å². The first kappa shape index (κ1) is 16.3. The van der Waals surface area contributed by atoms with Gasteiger partial charge in [-0.05, 0) is 43.2 Å². The van der Waals surface area contributed by atoms with Gasteiger partial charge in [0.15, 0.2) is 0 Å². The van der Waals surface area contributed by atoms with Crippen molar-refractivity contribution in [3.63, 3.8) is 0 Å². The van der Waals surface area contributed by atoms with Gasteiger partial charge in [-0.2, -0.15) is 13.2 Å². The first-order chi connectivity index (χ1) is 9.99. The number of hydrogen-bond acceptors (Lipinski definition) is 3. The maximum Gasteiger partial charge on any atom is 0.416 e. The molecule has 21 heavy (non-hydrogen) atoms. The van der Waals surface area contributed by atoms with Crippen molar-refractivity contribution < 1.29 is 17.9 Å². The van der Waals surface area contributed by atoms with Gasteiger partial charge in [-0.1, -0.05) is 18.2 Å². The van der Waals surface area contributed by atoms with Crippen LogP contribution in [0, 0.1) is 5.92 Å². The smallest absolute Gasteiger partial charge is 0.381 e. The van der Waals surface area contributed by atoms with Crippen molar-refractivity contribution in [2.75, 3.05) is 13.2 Å². The monoisotopic (exact) mass is 302 g/mol. The van der Waals surface area contributed by atoms with Gasteiger partial charge in [-0.25, -0.2) is 0 Å². The van der Waals surface area contributed by atoms with Crippen molar-refractivity contribution in [2.45, 2.75) is 37.9 Å². The van der Waals surface area contributed by atoms with Gasteiger partial charge in [-0.15, -0.1) is 0 Å². The summed E-state index contributed by atoms with van der Waals surface area (Å²) < 4.78 is 43.4. The molecule has 1 aliphatic rings. The van der Waals surface area contributed by atoms with E-state index in [2.05, 4.69) is 5.43 Å². The van der Waals surface area contributed by atoms with Gasteiger partial charge in [0.05, 0.1) is 5.56 Å². The lowest BCUT2D eigenvalue weighted by atomic mass is 9.90. The van der Waals surface area contributed by atoms with Crippen LogP contribution in [0.1, 0.15) is 30.4 Å². The fourth-order valence-electron chi connectivity index (χ4n) is 2.75. The highest BCUT2D eigenvalue weighted by Crippen LogP contribution is 2.30. The molecule has 0 aromatic heterocycles. The molecular formula is C15H21F3N2O. The van der Waals surface area contributed by atoms with Gasteiger partial charge in [0.25, 0.3) is 0 Å². The van der Waals surface area contributed by atoms with Gasteiger partial charge >= 0.3 is 6.18 Å². The Labute approximate surface area is 122 Å². The number of hydrogen-bond donors (Lipinski definition) is 2. The van der Waals surface area contributed by atoms with E-state index >= 15 is 0 Å². The van der Waals surface area contributed by atoms with Crippen molar-refractivity contribution in [3.8, 4) is 0 Å². The first-order valence-corrected chi connectivity index (χ1v) is 7.19. The van der Waals surface area contributed by atoms with Crippen LogP contribution in [0.3, 0.4) is 0 Å². The van der Waals surface area contributed by atoms with Gasteiger partial charge in [-0.3, -0.25) is 11.3 Å². The molecule has 118 valence electrons. The predicted octanol–water partition coefficient (Wildman–Crippen LogP) is 2.90. The SMILES string of the molecule is NNC(Cc1cccc(C(F)(F)F)c1)CC1CCOCC1. The van der Waals surface area contributed by atoms with E-state index < -0.39 is 11.7 Å². The van der Waals surface area contributed by atoms with Crippen LogP contribution in [0.4, 0.5) is 13.2 Å². The lowest BCUT2D eigenvalue weighted by molar-refractivity contribution is -0.137. The van der Waals surface area contributed by atoms with Crippen LogP contribution in [-0.2, 0) is 17.3 Å². The van der Waals surface area contributed by atoms with E-state index in [1.54, 1.807) is 6.07 Å². The van der Waals surface area contributed by atoms with Crippen molar-refractivity contribution in [3.05, 3.63) is 35.4 Å². The summed E-state index contributed by atoms with van der Waals surface area (Å²) >= 11 is 0. The van der Waals surface area contributed by atoms with E-state index in [9.17, 15) is 13.2 Å². The fraction of sp³-hybridized carbons (Fsp3) is 0.600. The summed E-state index contributed by atoms with van der Waals surface area (Å²) in [6, 6.07) is 5.43. The van der Waals surface area contributed by atoms with Crippen molar-refractivity contribution >= 4 is 0 Å². The number of alkyl halides is 3. The Bertz CT molecular complexity index is 445. The highest BCUT2D eigenvalue weighted by atomic mass is 19.4. The molecule has 1 saturated heterocycles. The van der Waals surface area contributed by atoms with Crippen LogP contribution in [0.15, 0.2) is 24.3 Å². The van der Waals surface area contributed by atoms with Crippen LogP contribution in [0.25, 0.3) is 0 Å². The van der Waals surface area contributed by atoms with E-state index in [-0.39, 0.29) is 6.04 Å². The zero-order valence-corrected chi connectivity index (χ0v) is 11.8. The molecule has 1 atom stereocenters. The molecule has 2 rings (SSSR count). The Balaban J connectivity index is 1.97. The summed E-state index contributed by atoms with van der Waals surface area (Å²) in [5, 5.41) is 0. The van der Waals surface area contributed by atoms with Gasteiger partial charge in [0.1, 0.15) is 0 Å². The molecule has 0 spiro atoms. The van der Waals surface area contributed by atoms with E-state index in [4.69, 9.17) is 10.6 Å². The Kier molecular flexibility index (Phi) is 5.61. The largest absolute Gasteiger partial charge is 0.416 e. The normalized spacial score (nSPS) is 18.7. The second-order valence-corrected chi connectivity index (χ2v) is 5.56. The molecule has 0 bridgehead atoms. The Morgan fingerprint density at radius 2 is 2.00 bits per heavy atom. The standard InChI is InChI=1S/C15H21F3N2O/c16-15(17,18)13-3-1-2-12(8-13)10-14(20-19)9-11-4-6-21-7-5-11/h1-3,8,11,14,20H,4-7,9-10,19H2. The van der Waals surface area contributed by atoms with Crippen LogP contribution in [0.2, 0.25) is 0 Å². The van der Waals surface area contributed by atoms with E-state index in [1.807, 2.05) is 0 Å². The number of benzene rings is 1. The number of nitrogens with one attached hydrogen (secondary N) is 1. The van der Waals surface area contributed by atoms with Crippen LogP contribution in [0.5, 0.6) is 0 Å². The summed E-state index contributed by atoms with van der Waals surface area (Å²) in [5.41, 5.74) is 2.78. The molecule has 0 saturated carbocycles. The zero-order chi connectivity index (χ0) is 15.3. The van der Waals surface area contributed by atoms with Crippen LogP contribution < -0.4 is 11.3 Å². The summed E-state index contributed by atoms with van der Waals surface area (Å²) in [6.45, 7) is 1.51. The molecule has 1 aromatic rings. The molecule has 6 heteroatoms. The molecule has 1 unspecified atom stereocenters. The quantitative estimate of drug-likeness (QED) is 0.649. The second-order valence-electron chi connectivity index (χ2n) is 5.56. The highest BCUT2D eigenvalue weighted by Gasteiger charge is 2.30. The number of ether oxygens (including phenoxy) is 1. The molecule has 0 radical (unpaired) electrons. The Morgan fingerprint density at radius 1 is 1.29 bits per heavy atom. The summed E-state index contributed by atoms with van der Waals surface area (Å²) in [6.07, 6.45) is -0.974. The minimum atomic E-state index is -4.30. The molecular weight excluding hydrogens is 281 g/mol. The maximum atomic E-state index is 12.7. The summed E-state index contributed by atoms with van der Waals surface area (Å²) in [4.78, 5) is 0. The molecule has 3 N–H and O–H groups in total. The van der Waals surface area contributed by atoms with Gasteiger partial charge < -0.3 is 4.74 Å². The second kappa shape index (κ2) is 7.24. The fourth-order valence-corrected chi connectivity index (χ4v) is 2.75. The van der Waals surface area contributed by atoms with Crippen molar-refractivity contribution in [1.29, 1.82) is 0 Å². The Morgan fingerprint density at radius 3 is 2.62 bits per heavy atom. The zero-order valence-electron chi connectivity index (χ0n) is 11.8. The van der Waals surface area contributed by atoms with E-state index in [1.165, 1.54) is 12.1 Å². The van der Waals surface area contributed by atoms with Crippen molar-refractivity contribution in [1.82, 2.24) is 5.43 Å². The molecule has 0 amide bonds. The summed E-state index contributed by atoms with van der Waals surface area (Å²) in [5.74, 6) is 6.08. The molecule has 3 nitrogen and oxygen atoms in total. The number of halogens is 3. The third kappa shape index (κ3) is 4.98. The summed E-state index contributed by atoms with van der Waals surface area (Å²) in [7, 11) is 0. The molecule has 1 heterocycles. The third-order valence-electron chi connectivity index (χ3n) is 3.93. The minimum absolute atomic E-state index is 0.0171. The molecule has 1 aliphatic heterocycles. The number of nitrogens with two attached hydrogens (primary N) is 1. The van der Waals surface area contributed by atoms with Crippen molar-refractivity contribution in [2.24, 2.45) is 11.8 Å². The molecule has 0 aliphatic carbocycles. The lowest BCUT2D eigenvalue weighted by Crippen LogP contribution is -2.39. The molecule has 1 aromatic carbocycles. The first-order valence-electron chi connectivity index (χ1n) is 7.19. The number of hydrazine groups is 1. The van der Waals surface area contributed by atoms with Gasteiger partial charge in [0, 0.05) is 19.3 Å². The van der Waals surface area contributed by atoms with Gasteiger partial charge in [0.2, 0.25) is 0 Å². The average Bonchev–Trinajstić information content (AvgIpc) is 2.47. The highest BCUT2D eigenvalue weighted by molar-refractivity contribution is 5.26. The lowest BCUT2D eigenvalue weighted by Gasteiger charge is -2.26. The maximum absolute atomic E-state index is 12.7. The third-order valence-corrected chi connectivity index (χ3v) is 3.93. The topological polar surface area (TPSA) is 47.3 Å².